The minimum atomic E-state index is 0.594. The highest BCUT2D eigenvalue weighted by Gasteiger charge is 2.30. The first-order chi connectivity index (χ1) is 9.11. The van der Waals surface area contributed by atoms with Crippen molar-refractivity contribution in [2.75, 3.05) is 37.8 Å². The van der Waals surface area contributed by atoms with Crippen LogP contribution < -0.4 is 10.6 Å². The summed E-state index contributed by atoms with van der Waals surface area (Å²) in [5, 5.41) is 0. The molecular weight excluding hydrogens is 236 g/mol. The van der Waals surface area contributed by atoms with Crippen LogP contribution in [-0.2, 0) is 0 Å². The van der Waals surface area contributed by atoms with Gasteiger partial charge >= 0.3 is 0 Å². The van der Waals surface area contributed by atoms with Crippen molar-refractivity contribution in [2.45, 2.75) is 32.2 Å². The minimum absolute atomic E-state index is 0.594. The van der Waals surface area contributed by atoms with Crippen LogP contribution in [-0.4, -0.2) is 43.1 Å². The van der Waals surface area contributed by atoms with Crippen molar-refractivity contribution in [3.05, 3.63) is 18.3 Å². The Labute approximate surface area is 116 Å². The maximum absolute atomic E-state index is 5.66. The van der Waals surface area contributed by atoms with Gasteiger partial charge in [-0.1, -0.05) is 13.3 Å². The number of nitrogens with zero attached hydrogens (tertiary/aromatic N) is 3. The van der Waals surface area contributed by atoms with E-state index in [0.29, 0.717) is 11.9 Å². The van der Waals surface area contributed by atoms with Gasteiger partial charge in [-0.2, -0.15) is 0 Å². The molecule has 0 radical (unpaired) electrons. The summed E-state index contributed by atoms with van der Waals surface area (Å²) in [4.78, 5) is 9.04. The van der Waals surface area contributed by atoms with Gasteiger partial charge in [0.15, 0.2) is 0 Å². The lowest BCUT2D eigenvalue weighted by atomic mass is 9.87. The topological polar surface area (TPSA) is 45.4 Å². The first-order valence-corrected chi connectivity index (χ1v) is 7.24. The van der Waals surface area contributed by atoms with Crippen LogP contribution in [0.25, 0.3) is 0 Å². The monoisotopic (exact) mass is 262 g/mol. The molecule has 1 aliphatic heterocycles. The zero-order valence-electron chi connectivity index (χ0n) is 12.3. The molecule has 1 saturated heterocycles. The molecule has 1 aromatic heterocycles. The van der Waals surface area contributed by atoms with Crippen molar-refractivity contribution in [3.63, 3.8) is 0 Å². The molecule has 1 fully saturated rings. The Kier molecular flexibility index (Phi) is 4.64. The molecule has 0 aromatic carbocycles. The molecule has 1 aliphatic rings. The Morgan fingerprint density at radius 1 is 1.42 bits per heavy atom. The number of piperidine rings is 1. The van der Waals surface area contributed by atoms with E-state index in [-0.39, 0.29) is 0 Å². The molecular formula is C15H26N4. The number of pyridine rings is 1. The molecule has 0 saturated carbocycles. The van der Waals surface area contributed by atoms with Gasteiger partial charge in [0.25, 0.3) is 0 Å². The number of hydrogen-bond donors (Lipinski definition) is 1. The summed E-state index contributed by atoms with van der Waals surface area (Å²) in [5.74, 6) is 1.34. The van der Waals surface area contributed by atoms with E-state index in [1.54, 1.807) is 0 Å². The van der Waals surface area contributed by atoms with Crippen LogP contribution in [0.4, 0.5) is 11.5 Å². The second-order valence-electron chi connectivity index (χ2n) is 5.76. The summed E-state index contributed by atoms with van der Waals surface area (Å²) >= 11 is 0. The number of nitrogens with two attached hydrogens (primary N) is 1. The highest BCUT2D eigenvalue weighted by Crippen LogP contribution is 2.28. The highest BCUT2D eigenvalue weighted by atomic mass is 15.2. The summed E-state index contributed by atoms with van der Waals surface area (Å²) in [6.45, 7) is 4.51. The summed E-state index contributed by atoms with van der Waals surface area (Å²) < 4.78 is 0. The standard InChI is InChI=1S/C15H26N4/c1-4-5-12-11-19(9-8-14(12)18(2)3)13-6-7-15(16)17-10-13/h6-7,10,12,14H,4-5,8-9,11H2,1-3H3,(H2,16,17). The molecule has 0 bridgehead atoms. The molecule has 4 nitrogen and oxygen atoms in total. The van der Waals surface area contributed by atoms with Crippen molar-refractivity contribution in [1.82, 2.24) is 9.88 Å². The van der Waals surface area contributed by atoms with Crippen LogP contribution in [0.5, 0.6) is 0 Å². The van der Waals surface area contributed by atoms with Crippen LogP contribution >= 0.6 is 0 Å². The van der Waals surface area contributed by atoms with Gasteiger partial charge in [0.05, 0.1) is 11.9 Å². The Bertz CT molecular complexity index is 388. The number of aromatic nitrogens is 1. The summed E-state index contributed by atoms with van der Waals surface area (Å²) in [6.07, 6.45) is 5.67. The van der Waals surface area contributed by atoms with Crippen molar-refractivity contribution < 1.29 is 0 Å². The van der Waals surface area contributed by atoms with Gasteiger partial charge in [0, 0.05) is 19.1 Å². The van der Waals surface area contributed by atoms with Crippen LogP contribution in [0.3, 0.4) is 0 Å². The predicted octanol–water partition coefficient (Wildman–Crippen LogP) is 2.22. The molecule has 2 unspecified atom stereocenters. The predicted molar refractivity (Wildman–Crippen MR) is 81.4 cm³/mol. The van der Waals surface area contributed by atoms with Gasteiger partial charge in [-0.25, -0.2) is 4.98 Å². The Morgan fingerprint density at radius 3 is 2.79 bits per heavy atom. The molecule has 2 atom stereocenters. The number of anilines is 2. The SMILES string of the molecule is CCCC1CN(c2ccc(N)nc2)CCC1N(C)C. The largest absolute Gasteiger partial charge is 0.384 e. The third-order valence-electron chi connectivity index (χ3n) is 4.15. The molecule has 2 N–H and O–H groups in total. The van der Waals surface area contributed by atoms with Gasteiger partial charge in [0.2, 0.25) is 0 Å². The maximum Gasteiger partial charge on any atom is 0.123 e. The van der Waals surface area contributed by atoms with Gasteiger partial charge in [-0.15, -0.1) is 0 Å². The van der Waals surface area contributed by atoms with E-state index in [0.717, 1.165) is 19.0 Å². The molecule has 1 aromatic rings. The fourth-order valence-electron chi connectivity index (χ4n) is 3.17. The van der Waals surface area contributed by atoms with Gasteiger partial charge < -0.3 is 15.5 Å². The van der Waals surface area contributed by atoms with Crippen LogP contribution in [0.2, 0.25) is 0 Å². The third kappa shape index (κ3) is 3.38. The lowest BCUT2D eigenvalue weighted by Gasteiger charge is -2.42. The quantitative estimate of drug-likeness (QED) is 0.903. The van der Waals surface area contributed by atoms with E-state index in [1.165, 1.54) is 24.9 Å². The molecule has 4 heteroatoms. The second kappa shape index (κ2) is 6.24. The van der Waals surface area contributed by atoms with E-state index >= 15 is 0 Å². The zero-order chi connectivity index (χ0) is 13.8. The van der Waals surface area contributed by atoms with Crippen LogP contribution in [0.1, 0.15) is 26.2 Å². The van der Waals surface area contributed by atoms with E-state index in [9.17, 15) is 0 Å². The molecule has 106 valence electrons. The van der Waals surface area contributed by atoms with Crippen LogP contribution in [0.15, 0.2) is 18.3 Å². The highest BCUT2D eigenvalue weighted by molar-refractivity contribution is 5.48. The van der Waals surface area contributed by atoms with Gasteiger partial charge in [-0.3, -0.25) is 0 Å². The number of nitrogen functional groups attached to an aromatic ring is 1. The fourth-order valence-corrected chi connectivity index (χ4v) is 3.17. The summed E-state index contributed by atoms with van der Waals surface area (Å²) in [5.41, 5.74) is 6.86. The average molecular weight is 262 g/mol. The maximum atomic E-state index is 5.66. The van der Waals surface area contributed by atoms with Crippen molar-refractivity contribution >= 4 is 11.5 Å². The molecule has 2 rings (SSSR count). The number of hydrogen-bond acceptors (Lipinski definition) is 4. The van der Waals surface area contributed by atoms with Crippen molar-refractivity contribution in [2.24, 2.45) is 5.92 Å². The Morgan fingerprint density at radius 2 is 2.21 bits per heavy atom. The van der Waals surface area contributed by atoms with E-state index in [2.05, 4.69) is 41.9 Å². The normalized spacial score (nSPS) is 23.9. The van der Waals surface area contributed by atoms with Gasteiger partial charge in [-0.05, 0) is 45.0 Å². The molecule has 0 amide bonds. The first kappa shape index (κ1) is 14.1. The molecule has 2 heterocycles. The van der Waals surface area contributed by atoms with Crippen molar-refractivity contribution in [3.8, 4) is 0 Å². The molecule has 0 aliphatic carbocycles. The number of rotatable bonds is 4. The van der Waals surface area contributed by atoms with Crippen molar-refractivity contribution in [1.29, 1.82) is 0 Å². The van der Waals surface area contributed by atoms with E-state index in [1.807, 2.05) is 12.3 Å². The summed E-state index contributed by atoms with van der Waals surface area (Å²) in [6, 6.07) is 4.68. The second-order valence-corrected chi connectivity index (χ2v) is 5.76. The smallest absolute Gasteiger partial charge is 0.123 e. The minimum Gasteiger partial charge on any atom is -0.384 e. The third-order valence-corrected chi connectivity index (χ3v) is 4.15. The van der Waals surface area contributed by atoms with E-state index in [4.69, 9.17) is 5.73 Å². The lowest BCUT2D eigenvalue weighted by Crippen LogP contribution is -2.49. The van der Waals surface area contributed by atoms with E-state index < -0.39 is 0 Å². The average Bonchev–Trinajstić information content (AvgIpc) is 2.39. The van der Waals surface area contributed by atoms with Gasteiger partial charge in [0.1, 0.15) is 5.82 Å². The summed E-state index contributed by atoms with van der Waals surface area (Å²) in [7, 11) is 4.40. The molecule has 0 spiro atoms. The Hall–Kier alpha value is -1.29. The Balaban J connectivity index is 2.07. The fraction of sp³-hybridized carbons (Fsp3) is 0.667. The molecule has 19 heavy (non-hydrogen) atoms. The zero-order valence-corrected chi connectivity index (χ0v) is 12.3. The lowest BCUT2D eigenvalue weighted by molar-refractivity contribution is 0.171. The van der Waals surface area contributed by atoms with Crippen LogP contribution in [0, 0.1) is 5.92 Å². The first-order valence-electron chi connectivity index (χ1n) is 7.24.